The maximum absolute atomic E-state index is 13.1. The van der Waals surface area contributed by atoms with Crippen molar-refractivity contribution in [1.29, 1.82) is 5.26 Å². The fraction of sp³-hybridized carbons (Fsp3) is 0.280. The van der Waals surface area contributed by atoms with Gasteiger partial charge in [0.2, 0.25) is 5.91 Å². The van der Waals surface area contributed by atoms with Gasteiger partial charge in [0, 0.05) is 54.9 Å². The van der Waals surface area contributed by atoms with Crippen molar-refractivity contribution in [2.24, 2.45) is 0 Å². The number of nitriles is 1. The van der Waals surface area contributed by atoms with Gasteiger partial charge in [0.05, 0.1) is 18.5 Å². The van der Waals surface area contributed by atoms with Crippen LogP contribution in [0.3, 0.4) is 0 Å². The maximum atomic E-state index is 13.1. The highest BCUT2D eigenvalue weighted by Gasteiger charge is 2.29. The molecule has 0 bridgehead atoms. The molecule has 0 N–H and O–H groups in total. The van der Waals surface area contributed by atoms with Crippen LogP contribution < -0.4 is 0 Å². The number of aryl methyl sites for hydroxylation is 1. The molecule has 1 atom stereocenters. The van der Waals surface area contributed by atoms with Gasteiger partial charge in [-0.25, -0.2) is 0 Å². The van der Waals surface area contributed by atoms with Crippen molar-refractivity contribution < 1.29 is 4.79 Å². The zero-order valence-corrected chi connectivity index (χ0v) is 17.2. The Morgan fingerprint density at radius 2 is 1.90 bits per heavy atom. The number of amides is 1. The Kier molecular flexibility index (Phi) is 5.97. The van der Waals surface area contributed by atoms with Gasteiger partial charge in [-0.15, -0.1) is 0 Å². The van der Waals surface area contributed by atoms with E-state index in [1.54, 1.807) is 6.08 Å². The van der Waals surface area contributed by atoms with E-state index < -0.39 is 0 Å². The number of aromatic nitrogens is 1. The molecule has 5 heteroatoms. The Hall–Kier alpha value is -3.36. The summed E-state index contributed by atoms with van der Waals surface area (Å²) < 4.78 is 2.09. The van der Waals surface area contributed by atoms with Gasteiger partial charge in [-0.1, -0.05) is 48.5 Å². The van der Waals surface area contributed by atoms with Crippen LogP contribution in [0.4, 0.5) is 0 Å². The Balaban J connectivity index is 1.59. The second-order valence-corrected chi connectivity index (χ2v) is 7.76. The molecule has 0 saturated carbocycles. The zero-order chi connectivity index (χ0) is 20.9. The maximum Gasteiger partial charge on any atom is 0.247 e. The summed E-state index contributed by atoms with van der Waals surface area (Å²) >= 11 is 0. The van der Waals surface area contributed by atoms with Crippen LogP contribution in [0.15, 0.2) is 66.9 Å². The molecule has 1 aromatic heterocycles. The van der Waals surface area contributed by atoms with Crippen LogP contribution in [0, 0.1) is 11.3 Å². The number of carbonyl (C=O) groups excluding carboxylic acids is 1. The Labute approximate surface area is 177 Å². The van der Waals surface area contributed by atoms with Gasteiger partial charge in [0.25, 0.3) is 0 Å². The summed E-state index contributed by atoms with van der Waals surface area (Å²) in [6.07, 6.45) is 6.09. The summed E-state index contributed by atoms with van der Waals surface area (Å²) in [7, 11) is 2.10. The van der Waals surface area contributed by atoms with Gasteiger partial charge in [0.1, 0.15) is 0 Å². The lowest BCUT2D eigenvalue weighted by atomic mass is 10.0. The van der Waals surface area contributed by atoms with Gasteiger partial charge >= 0.3 is 0 Å². The Morgan fingerprint density at radius 1 is 1.13 bits per heavy atom. The molecule has 0 radical (unpaired) electrons. The lowest BCUT2D eigenvalue weighted by Crippen LogP contribution is -2.48. The first-order valence-corrected chi connectivity index (χ1v) is 10.3. The minimum absolute atomic E-state index is 0.0332. The van der Waals surface area contributed by atoms with E-state index in [0.29, 0.717) is 19.5 Å². The summed E-state index contributed by atoms with van der Waals surface area (Å²) in [6, 6.07) is 20.6. The number of fused-ring (bicyclic) bond motifs is 1. The van der Waals surface area contributed by atoms with Crippen LogP contribution in [0.25, 0.3) is 17.0 Å². The first kappa shape index (κ1) is 19.9. The lowest BCUT2D eigenvalue weighted by molar-refractivity contribution is -0.130. The quantitative estimate of drug-likeness (QED) is 0.609. The summed E-state index contributed by atoms with van der Waals surface area (Å²) in [6.45, 7) is 3.06. The fourth-order valence-electron chi connectivity index (χ4n) is 4.16. The van der Waals surface area contributed by atoms with E-state index in [4.69, 9.17) is 5.26 Å². The molecule has 1 unspecified atom stereocenters. The molecule has 1 saturated heterocycles. The summed E-state index contributed by atoms with van der Waals surface area (Å²) in [4.78, 5) is 17.4. The van der Waals surface area contributed by atoms with Crippen molar-refractivity contribution in [2.45, 2.75) is 19.0 Å². The van der Waals surface area contributed by atoms with Crippen molar-refractivity contribution in [3.8, 4) is 6.07 Å². The van der Waals surface area contributed by atoms with E-state index in [2.05, 4.69) is 46.8 Å². The van der Waals surface area contributed by atoms with E-state index >= 15 is 0 Å². The number of benzene rings is 2. The van der Waals surface area contributed by atoms with Gasteiger partial charge in [-0.05, 0) is 24.8 Å². The number of carbonyl (C=O) groups is 1. The normalized spacial score (nSPS) is 17.5. The summed E-state index contributed by atoms with van der Waals surface area (Å²) in [5.41, 5.74) is 3.25. The molecule has 1 aliphatic heterocycles. The summed E-state index contributed by atoms with van der Waals surface area (Å²) in [5.74, 6) is 0.0332. The van der Waals surface area contributed by atoms with Crippen LogP contribution in [0.2, 0.25) is 0 Å². The largest absolute Gasteiger partial charge is 0.346 e. The molecule has 1 fully saturated rings. The highest BCUT2D eigenvalue weighted by atomic mass is 16.2. The second kappa shape index (κ2) is 8.98. The molecule has 1 amide bonds. The van der Waals surface area contributed by atoms with Gasteiger partial charge in [-0.2, -0.15) is 5.26 Å². The van der Waals surface area contributed by atoms with Crippen LogP contribution in [0.1, 0.15) is 23.6 Å². The monoisotopic (exact) mass is 398 g/mol. The molecule has 2 aromatic carbocycles. The molecule has 1 aliphatic rings. The average Bonchev–Trinajstić information content (AvgIpc) is 3.14. The smallest absolute Gasteiger partial charge is 0.247 e. The number of hydrogen-bond donors (Lipinski definition) is 0. The van der Waals surface area contributed by atoms with E-state index in [0.717, 1.165) is 29.6 Å². The van der Waals surface area contributed by atoms with Crippen molar-refractivity contribution in [3.05, 3.63) is 78.0 Å². The fourth-order valence-corrected chi connectivity index (χ4v) is 4.16. The van der Waals surface area contributed by atoms with Crippen LogP contribution in [-0.2, 0) is 11.3 Å². The number of rotatable bonds is 5. The highest BCUT2D eigenvalue weighted by Crippen LogP contribution is 2.26. The van der Waals surface area contributed by atoms with Crippen molar-refractivity contribution in [1.82, 2.24) is 14.4 Å². The van der Waals surface area contributed by atoms with Crippen molar-refractivity contribution in [2.75, 3.05) is 26.7 Å². The van der Waals surface area contributed by atoms with Crippen LogP contribution in [0.5, 0.6) is 0 Å². The number of piperazine rings is 1. The third-order valence-corrected chi connectivity index (χ3v) is 5.74. The molecular weight excluding hydrogens is 372 g/mol. The topological polar surface area (TPSA) is 52.3 Å². The summed E-state index contributed by atoms with van der Waals surface area (Å²) in [5, 5.41) is 10.0. The molecular formula is C25H26N4O. The standard InChI is InChI=1S/C25H26N4O/c1-27-16-17-29(24(19-27)20-8-3-2-4-9-20)25(30)13-12-21-18-28(15-7-14-26)23-11-6-5-10-22(21)23/h2-6,8-13,18,24H,7,15-17,19H2,1H3. The number of para-hydroxylation sites is 1. The number of nitrogens with zero attached hydrogens (tertiary/aromatic N) is 4. The molecule has 2 heterocycles. The average molecular weight is 399 g/mol. The predicted molar refractivity (Wildman–Crippen MR) is 120 cm³/mol. The first-order chi connectivity index (χ1) is 14.7. The Morgan fingerprint density at radius 3 is 2.70 bits per heavy atom. The van der Waals surface area contributed by atoms with Gasteiger partial charge < -0.3 is 14.4 Å². The van der Waals surface area contributed by atoms with Gasteiger partial charge in [0.15, 0.2) is 0 Å². The van der Waals surface area contributed by atoms with E-state index in [9.17, 15) is 4.79 Å². The molecule has 0 spiro atoms. The van der Waals surface area contributed by atoms with Gasteiger partial charge in [-0.3, -0.25) is 4.79 Å². The minimum Gasteiger partial charge on any atom is -0.346 e. The lowest BCUT2D eigenvalue weighted by Gasteiger charge is -2.39. The molecule has 30 heavy (non-hydrogen) atoms. The zero-order valence-electron chi connectivity index (χ0n) is 17.2. The molecule has 152 valence electrons. The number of hydrogen-bond acceptors (Lipinski definition) is 3. The van der Waals surface area contributed by atoms with E-state index in [1.807, 2.05) is 47.5 Å². The van der Waals surface area contributed by atoms with Crippen LogP contribution in [-0.4, -0.2) is 47.0 Å². The number of likely N-dealkylation sites (N-methyl/N-ethyl adjacent to an activating group) is 1. The van der Waals surface area contributed by atoms with E-state index in [-0.39, 0.29) is 11.9 Å². The predicted octanol–water partition coefficient (Wildman–Crippen LogP) is 4.08. The first-order valence-electron chi connectivity index (χ1n) is 10.3. The molecule has 4 rings (SSSR count). The Bertz CT molecular complexity index is 1090. The molecule has 3 aromatic rings. The van der Waals surface area contributed by atoms with Crippen molar-refractivity contribution >= 4 is 22.9 Å². The minimum atomic E-state index is 0.0332. The van der Waals surface area contributed by atoms with Crippen molar-refractivity contribution in [3.63, 3.8) is 0 Å². The third-order valence-electron chi connectivity index (χ3n) is 5.74. The SMILES string of the molecule is CN1CCN(C(=O)C=Cc2cn(CCC#N)c3ccccc23)C(c2ccccc2)C1. The van der Waals surface area contributed by atoms with Crippen LogP contribution >= 0.6 is 0 Å². The molecule has 0 aliphatic carbocycles. The second-order valence-electron chi connectivity index (χ2n) is 7.76. The molecule has 5 nitrogen and oxygen atoms in total. The van der Waals surface area contributed by atoms with E-state index in [1.165, 1.54) is 5.56 Å². The highest BCUT2D eigenvalue weighted by molar-refractivity contribution is 5.96. The third kappa shape index (κ3) is 4.14.